The highest BCUT2D eigenvalue weighted by Crippen LogP contribution is 2.27. The first kappa shape index (κ1) is 16.8. The number of nitrogens with zero attached hydrogens (tertiary/aromatic N) is 2. The largest absolute Gasteiger partial charge is 0.395 e. The molecule has 2 fully saturated rings. The Labute approximate surface area is 129 Å². The van der Waals surface area contributed by atoms with Crippen molar-refractivity contribution in [2.75, 3.05) is 26.7 Å². The molecule has 0 aromatic heterocycles. The zero-order chi connectivity index (χ0) is 15.4. The molecule has 0 aromatic carbocycles. The summed E-state index contributed by atoms with van der Waals surface area (Å²) in [4.78, 5) is 16.7. The summed E-state index contributed by atoms with van der Waals surface area (Å²) in [5, 5.41) is 9.59. The van der Waals surface area contributed by atoms with Crippen LogP contribution in [-0.2, 0) is 4.79 Å². The molecule has 0 bridgehead atoms. The van der Waals surface area contributed by atoms with Crippen molar-refractivity contribution < 1.29 is 9.90 Å². The second-order valence-corrected chi connectivity index (χ2v) is 7.26. The van der Waals surface area contributed by atoms with E-state index >= 15 is 0 Å². The van der Waals surface area contributed by atoms with Gasteiger partial charge in [0.05, 0.1) is 13.2 Å². The molecule has 0 spiro atoms. The molecular weight excluding hydrogens is 264 g/mol. The number of carbonyl (C=O) groups is 1. The normalized spacial score (nSPS) is 34.7. The van der Waals surface area contributed by atoms with Crippen molar-refractivity contribution in [3.8, 4) is 0 Å². The number of aliphatic hydroxyl groups excluding tert-OH is 1. The second-order valence-electron chi connectivity index (χ2n) is 7.26. The first-order valence-corrected chi connectivity index (χ1v) is 8.63. The van der Waals surface area contributed by atoms with Gasteiger partial charge in [-0.2, -0.15) is 0 Å². The van der Waals surface area contributed by atoms with Crippen LogP contribution in [0.5, 0.6) is 0 Å². The van der Waals surface area contributed by atoms with Crippen LogP contribution in [0.15, 0.2) is 0 Å². The molecule has 4 nitrogen and oxygen atoms in total. The van der Waals surface area contributed by atoms with Gasteiger partial charge >= 0.3 is 0 Å². The van der Waals surface area contributed by atoms with Crippen molar-refractivity contribution in [2.24, 2.45) is 11.8 Å². The van der Waals surface area contributed by atoms with E-state index in [1.807, 2.05) is 11.9 Å². The molecule has 2 aliphatic rings. The maximum Gasteiger partial charge on any atom is 0.236 e. The summed E-state index contributed by atoms with van der Waals surface area (Å²) in [5.41, 5.74) is 0. The molecule has 1 aliphatic heterocycles. The summed E-state index contributed by atoms with van der Waals surface area (Å²) >= 11 is 0. The van der Waals surface area contributed by atoms with Crippen LogP contribution in [0.25, 0.3) is 0 Å². The molecule has 2 atom stereocenters. The van der Waals surface area contributed by atoms with Crippen LogP contribution in [0.2, 0.25) is 0 Å². The molecular formula is C17H32N2O2. The Kier molecular flexibility index (Phi) is 6.06. The van der Waals surface area contributed by atoms with Crippen LogP contribution < -0.4 is 0 Å². The van der Waals surface area contributed by atoms with Gasteiger partial charge in [-0.1, -0.05) is 13.8 Å². The third kappa shape index (κ3) is 4.19. The standard InChI is InChI=1S/C17H32N2O2/c1-13-6-8-15(9-7-13)18(3)17(21)11-19-10-4-5-14(2)16(19)12-20/h13-16,20H,4-12H2,1-3H3/t13?,14-,15?,16+/m0/s1. The molecule has 0 aromatic rings. The molecule has 0 radical (unpaired) electrons. The summed E-state index contributed by atoms with van der Waals surface area (Å²) in [6.07, 6.45) is 7.05. The van der Waals surface area contributed by atoms with Gasteiger partial charge in [0, 0.05) is 19.1 Å². The zero-order valence-electron chi connectivity index (χ0n) is 13.9. The lowest BCUT2D eigenvalue weighted by molar-refractivity contribution is -0.135. The summed E-state index contributed by atoms with van der Waals surface area (Å²) in [5.74, 6) is 1.52. The minimum atomic E-state index is 0.155. The van der Waals surface area contributed by atoms with Gasteiger partial charge in [0.2, 0.25) is 5.91 Å². The number of rotatable bonds is 4. The van der Waals surface area contributed by atoms with Gasteiger partial charge in [0.25, 0.3) is 0 Å². The first-order valence-electron chi connectivity index (χ1n) is 8.63. The topological polar surface area (TPSA) is 43.8 Å². The van der Waals surface area contributed by atoms with E-state index in [4.69, 9.17) is 0 Å². The fourth-order valence-corrected chi connectivity index (χ4v) is 3.94. The average molecular weight is 296 g/mol. The smallest absolute Gasteiger partial charge is 0.236 e. The van der Waals surface area contributed by atoms with Crippen LogP contribution in [0.4, 0.5) is 0 Å². The molecule has 1 heterocycles. The number of aliphatic hydroxyl groups is 1. The lowest BCUT2D eigenvalue weighted by Crippen LogP contribution is -2.52. The van der Waals surface area contributed by atoms with E-state index in [2.05, 4.69) is 18.7 Å². The number of carbonyl (C=O) groups excluding carboxylic acids is 1. The van der Waals surface area contributed by atoms with E-state index in [1.165, 1.54) is 12.8 Å². The third-order valence-corrected chi connectivity index (χ3v) is 5.68. The fraction of sp³-hybridized carbons (Fsp3) is 0.941. The van der Waals surface area contributed by atoms with Crippen LogP contribution in [-0.4, -0.2) is 59.6 Å². The summed E-state index contributed by atoms with van der Waals surface area (Å²) in [6.45, 7) is 6.07. The Morgan fingerprint density at radius 3 is 2.48 bits per heavy atom. The maximum absolute atomic E-state index is 12.6. The molecule has 1 aliphatic carbocycles. The van der Waals surface area contributed by atoms with Crippen molar-refractivity contribution in [1.82, 2.24) is 9.80 Å². The highest BCUT2D eigenvalue weighted by Gasteiger charge is 2.31. The van der Waals surface area contributed by atoms with Gasteiger partial charge in [-0.05, 0) is 56.9 Å². The first-order chi connectivity index (χ1) is 10.0. The SMILES string of the molecule is CC1CCC(N(C)C(=O)CN2CCC[C@H](C)[C@H]2CO)CC1. The minimum absolute atomic E-state index is 0.155. The molecule has 1 N–H and O–H groups in total. The maximum atomic E-state index is 12.6. The highest BCUT2D eigenvalue weighted by molar-refractivity contribution is 5.78. The summed E-state index contributed by atoms with van der Waals surface area (Å²) in [7, 11) is 1.96. The quantitative estimate of drug-likeness (QED) is 0.864. The van der Waals surface area contributed by atoms with Gasteiger partial charge in [-0.3, -0.25) is 9.69 Å². The third-order valence-electron chi connectivity index (χ3n) is 5.68. The second kappa shape index (κ2) is 7.59. The number of hydrogen-bond donors (Lipinski definition) is 1. The molecule has 21 heavy (non-hydrogen) atoms. The van der Waals surface area contributed by atoms with Gasteiger partial charge in [0.15, 0.2) is 0 Å². The summed E-state index contributed by atoms with van der Waals surface area (Å²) < 4.78 is 0. The van der Waals surface area contributed by atoms with E-state index < -0.39 is 0 Å². The monoisotopic (exact) mass is 296 g/mol. The molecule has 0 unspecified atom stereocenters. The van der Waals surface area contributed by atoms with Crippen LogP contribution in [0, 0.1) is 11.8 Å². The number of piperidine rings is 1. The Morgan fingerprint density at radius 1 is 1.19 bits per heavy atom. The van der Waals surface area contributed by atoms with Crippen LogP contribution in [0.1, 0.15) is 52.4 Å². The fourth-order valence-electron chi connectivity index (χ4n) is 3.94. The van der Waals surface area contributed by atoms with E-state index in [9.17, 15) is 9.90 Å². The summed E-state index contributed by atoms with van der Waals surface area (Å²) in [6, 6.07) is 0.575. The molecule has 122 valence electrons. The molecule has 1 saturated carbocycles. The van der Waals surface area contributed by atoms with Crippen molar-refractivity contribution in [3.63, 3.8) is 0 Å². The Morgan fingerprint density at radius 2 is 1.86 bits per heavy atom. The van der Waals surface area contributed by atoms with Crippen molar-refractivity contribution >= 4 is 5.91 Å². The molecule has 1 amide bonds. The van der Waals surface area contributed by atoms with Crippen molar-refractivity contribution in [2.45, 2.75) is 64.5 Å². The Bertz CT molecular complexity index is 340. The molecule has 1 saturated heterocycles. The van der Waals surface area contributed by atoms with Gasteiger partial charge in [0.1, 0.15) is 0 Å². The number of likely N-dealkylation sites (tertiary alicyclic amines) is 1. The predicted molar refractivity (Wildman–Crippen MR) is 85.0 cm³/mol. The number of amides is 1. The highest BCUT2D eigenvalue weighted by atomic mass is 16.3. The van der Waals surface area contributed by atoms with Crippen molar-refractivity contribution in [1.29, 1.82) is 0 Å². The van der Waals surface area contributed by atoms with Gasteiger partial charge < -0.3 is 10.0 Å². The molecule has 2 rings (SSSR count). The average Bonchev–Trinajstić information content (AvgIpc) is 2.47. The van der Waals surface area contributed by atoms with Gasteiger partial charge in [-0.25, -0.2) is 0 Å². The van der Waals surface area contributed by atoms with E-state index in [0.29, 0.717) is 18.5 Å². The van der Waals surface area contributed by atoms with Gasteiger partial charge in [-0.15, -0.1) is 0 Å². The van der Waals surface area contributed by atoms with E-state index in [-0.39, 0.29) is 18.6 Å². The zero-order valence-corrected chi connectivity index (χ0v) is 13.9. The molecule has 4 heteroatoms. The lowest BCUT2D eigenvalue weighted by atomic mass is 9.86. The minimum Gasteiger partial charge on any atom is -0.395 e. The Hall–Kier alpha value is -0.610. The van der Waals surface area contributed by atoms with Crippen molar-refractivity contribution in [3.05, 3.63) is 0 Å². The van der Waals surface area contributed by atoms with E-state index in [1.54, 1.807) is 0 Å². The lowest BCUT2D eigenvalue weighted by Gasteiger charge is -2.40. The Balaban J connectivity index is 1.87. The van der Waals surface area contributed by atoms with Crippen LogP contribution >= 0.6 is 0 Å². The predicted octanol–water partition coefficient (Wildman–Crippen LogP) is 2.12. The van der Waals surface area contributed by atoms with Crippen LogP contribution in [0.3, 0.4) is 0 Å². The van der Waals surface area contributed by atoms with E-state index in [0.717, 1.165) is 38.1 Å². The number of likely N-dealkylation sites (N-methyl/N-ethyl adjacent to an activating group) is 1. The number of hydrogen-bond acceptors (Lipinski definition) is 3.